The normalized spacial score (nSPS) is 15.8. The molecule has 2 aliphatic rings. The molecule has 1 fully saturated rings. The molecule has 2 amide bonds. The summed E-state index contributed by atoms with van der Waals surface area (Å²) < 4.78 is 5.47. The highest BCUT2D eigenvalue weighted by Gasteiger charge is 2.35. The molecule has 1 aliphatic heterocycles. The Hall–Kier alpha value is -2.53. The third-order valence-corrected chi connectivity index (χ3v) is 5.11. The molecule has 1 saturated carbocycles. The number of nitrogens with zero attached hydrogens (tertiary/aromatic N) is 1. The Balaban J connectivity index is 1.38. The van der Waals surface area contributed by atoms with Gasteiger partial charge >= 0.3 is 0 Å². The maximum atomic E-state index is 12.5. The number of halogens is 1. The van der Waals surface area contributed by atoms with Gasteiger partial charge in [0.2, 0.25) is 5.91 Å². The van der Waals surface area contributed by atoms with Crippen molar-refractivity contribution in [3.63, 3.8) is 0 Å². The van der Waals surface area contributed by atoms with Crippen LogP contribution in [0.3, 0.4) is 0 Å². The monoisotopic (exact) mass is 384 g/mol. The molecule has 0 aromatic heterocycles. The van der Waals surface area contributed by atoms with Crippen LogP contribution >= 0.6 is 11.6 Å². The second kappa shape index (κ2) is 7.61. The summed E-state index contributed by atoms with van der Waals surface area (Å²) >= 11 is 5.83. The smallest absolute Gasteiger partial charge is 0.262 e. The van der Waals surface area contributed by atoms with Gasteiger partial charge in [-0.15, -0.1) is 0 Å². The highest BCUT2D eigenvalue weighted by Crippen LogP contribution is 2.36. The number of rotatable bonds is 5. The lowest BCUT2D eigenvalue weighted by atomic mass is 10.0. The first-order chi connectivity index (χ1) is 13.1. The average Bonchev–Trinajstić information content (AvgIpc) is 3.51. The molecule has 1 aliphatic carbocycles. The van der Waals surface area contributed by atoms with Gasteiger partial charge in [-0.2, -0.15) is 0 Å². The van der Waals surface area contributed by atoms with Crippen LogP contribution in [0.4, 0.5) is 11.4 Å². The van der Waals surface area contributed by atoms with E-state index in [1.54, 1.807) is 24.3 Å². The minimum absolute atomic E-state index is 0.0784. The van der Waals surface area contributed by atoms with Gasteiger partial charge in [0.25, 0.3) is 5.91 Å². The number of hydrogen-bond donors (Lipinski definition) is 1. The topological polar surface area (TPSA) is 58.6 Å². The molecule has 0 saturated heterocycles. The van der Waals surface area contributed by atoms with Crippen molar-refractivity contribution in [2.24, 2.45) is 5.92 Å². The number of benzene rings is 2. The van der Waals surface area contributed by atoms with Crippen molar-refractivity contribution in [2.45, 2.75) is 25.7 Å². The van der Waals surface area contributed by atoms with Crippen molar-refractivity contribution in [2.75, 3.05) is 23.4 Å². The number of carbonyl (C=O) groups is 2. The fraction of sp³-hybridized carbons (Fsp3) is 0.333. The Kier molecular flexibility index (Phi) is 5.03. The van der Waals surface area contributed by atoms with Gasteiger partial charge in [0, 0.05) is 28.9 Å². The first kappa shape index (κ1) is 17.9. The summed E-state index contributed by atoms with van der Waals surface area (Å²) in [5.41, 5.74) is 2.81. The van der Waals surface area contributed by atoms with Crippen LogP contribution in [0, 0.1) is 5.92 Å². The van der Waals surface area contributed by atoms with Crippen molar-refractivity contribution in [3.05, 3.63) is 53.1 Å². The molecule has 1 heterocycles. The number of fused-ring (bicyclic) bond motifs is 1. The summed E-state index contributed by atoms with van der Waals surface area (Å²) in [6, 6.07) is 12.6. The van der Waals surface area contributed by atoms with E-state index in [0.29, 0.717) is 10.8 Å². The summed E-state index contributed by atoms with van der Waals surface area (Å²) in [7, 11) is 0. The zero-order valence-electron chi connectivity index (χ0n) is 14.9. The van der Waals surface area contributed by atoms with Crippen LogP contribution in [-0.2, 0) is 16.0 Å². The van der Waals surface area contributed by atoms with Crippen LogP contribution in [0.15, 0.2) is 42.5 Å². The lowest BCUT2D eigenvalue weighted by Gasteiger charge is -2.30. The molecule has 2 aromatic rings. The Morgan fingerprint density at radius 2 is 1.93 bits per heavy atom. The largest absolute Gasteiger partial charge is 0.484 e. The maximum absolute atomic E-state index is 12.5. The van der Waals surface area contributed by atoms with E-state index in [1.807, 2.05) is 23.1 Å². The highest BCUT2D eigenvalue weighted by atomic mass is 35.5. The second-order valence-corrected chi connectivity index (χ2v) is 7.44. The number of amides is 2. The van der Waals surface area contributed by atoms with Gasteiger partial charge in [-0.05, 0) is 73.7 Å². The lowest BCUT2D eigenvalue weighted by molar-refractivity contribution is -0.120. The molecule has 6 heteroatoms. The highest BCUT2D eigenvalue weighted by molar-refractivity contribution is 6.30. The molecule has 5 nitrogen and oxygen atoms in total. The van der Waals surface area contributed by atoms with E-state index in [9.17, 15) is 9.59 Å². The van der Waals surface area contributed by atoms with Crippen LogP contribution in [-0.4, -0.2) is 25.0 Å². The molecule has 4 rings (SSSR count). The Morgan fingerprint density at radius 1 is 1.15 bits per heavy atom. The standard InChI is InChI=1S/C21H21ClN2O3/c22-16-5-8-18(9-6-16)27-13-20(25)23-17-7-10-19-15(12-17)2-1-11-24(19)21(26)14-3-4-14/h5-10,12,14H,1-4,11,13H2,(H,23,25). The van der Waals surface area contributed by atoms with Crippen molar-refractivity contribution in [1.29, 1.82) is 0 Å². The maximum Gasteiger partial charge on any atom is 0.262 e. The third-order valence-electron chi connectivity index (χ3n) is 4.86. The molecule has 1 N–H and O–H groups in total. The minimum Gasteiger partial charge on any atom is -0.484 e. The van der Waals surface area contributed by atoms with Crippen molar-refractivity contribution < 1.29 is 14.3 Å². The van der Waals surface area contributed by atoms with Crippen molar-refractivity contribution in [3.8, 4) is 5.75 Å². The number of hydrogen-bond acceptors (Lipinski definition) is 3. The predicted molar refractivity (Wildman–Crippen MR) is 105 cm³/mol. The summed E-state index contributed by atoms with van der Waals surface area (Å²) in [5, 5.41) is 3.48. The quantitative estimate of drug-likeness (QED) is 0.846. The zero-order chi connectivity index (χ0) is 18.8. The molecular formula is C21H21ClN2O3. The van der Waals surface area contributed by atoms with Gasteiger partial charge in [-0.25, -0.2) is 0 Å². The zero-order valence-corrected chi connectivity index (χ0v) is 15.7. The molecule has 0 unspecified atom stereocenters. The molecule has 2 aromatic carbocycles. The first-order valence-electron chi connectivity index (χ1n) is 9.23. The second-order valence-electron chi connectivity index (χ2n) is 7.00. The van der Waals surface area contributed by atoms with Crippen molar-refractivity contribution in [1.82, 2.24) is 0 Å². The fourth-order valence-electron chi connectivity index (χ4n) is 3.33. The van der Waals surface area contributed by atoms with E-state index in [1.165, 1.54) is 0 Å². The van der Waals surface area contributed by atoms with Gasteiger partial charge < -0.3 is 15.0 Å². The van der Waals surface area contributed by atoms with Gasteiger partial charge in [0.1, 0.15) is 5.75 Å². The molecule has 27 heavy (non-hydrogen) atoms. The summed E-state index contributed by atoms with van der Waals surface area (Å²) in [5.74, 6) is 0.810. The molecular weight excluding hydrogens is 364 g/mol. The Morgan fingerprint density at radius 3 is 2.67 bits per heavy atom. The van der Waals surface area contributed by atoms with Gasteiger partial charge in [0.15, 0.2) is 6.61 Å². The van der Waals surface area contributed by atoms with Gasteiger partial charge in [-0.1, -0.05) is 11.6 Å². The number of aryl methyl sites for hydroxylation is 1. The molecule has 140 valence electrons. The van der Waals surface area contributed by atoms with Crippen LogP contribution in [0.2, 0.25) is 5.02 Å². The van der Waals surface area contributed by atoms with Crippen LogP contribution < -0.4 is 15.0 Å². The van der Waals surface area contributed by atoms with Gasteiger partial charge in [0.05, 0.1) is 0 Å². The number of ether oxygens (including phenoxy) is 1. The SMILES string of the molecule is O=C(COc1ccc(Cl)cc1)Nc1ccc2c(c1)CCCN2C(=O)C1CC1. The summed E-state index contributed by atoms with van der Waals surface area (Å²) in [6.45, 7) is 0.702. The summed E-state index contributed by atoms with van der Waals surface area (Å²) in [4.78, 5) is 26.5. The average molecular weight is 385 g/mol. The Bertz CT molecular complexity index is 862. The molecule has 0 bridgehead atoms. The number of nitrogens with one attached hydrogen (secondary N) is 1. The van der Waals surface area contributed by atoms with E-state index in [0.717, 1.165) is 49.2 Å². The molecule has 0 spiro atoms. The van der Waals surface area contributed by atoms with Gasteiger partial charge in [-0.3, -0.25) is 9.59 Å². The predicted octanol–water partition coefficient (Wildman–Crippen LogP) is 4.05. The van der Waals surface area contributed by atoms with E-state index in [4.69, 9.17) is 16.3 Å². The third kappa shape index (κ3) is 4.25. The van der Waals surface area contributed by atoms with E-state index in [-0.39, 0.29) is 24.3 Å². The van der Waals surface area contributed by atoms with Crippen molar-refractivity contribution >= 4 is 34.8 Å². The summed E-state index contributed by atoms with van der Waals surface area (Å²) in [6.07, 6.45) is 3.87. The van der Waals surface area contributed by atoms with E-state index in [2.05, 4.69) is 5.32 Å². The fourth-order valence-corrected chi connectivity index (χ4v) is 3.46. The van der Waals surface area contributed by atoms with Crippen LogP contribution in [0.5, 0.6) is 5.75 Å². The van der Waals surface area contributed by atoms with E-state index < -0.39 is 0 Å². The van der Waals surface area contributed by atoms with Crippen LogP contribution in [0.25, 0.3) is 0 Å². The number of anilines is 2. The number of carbonyl (C=O) groups excluding carboxylic acids is 2. The van der Waals surface area contributed by atoms with Crippen LogP contribution in [0.1, 0.15) is 24.8 Å². The minimum atomic E-state index is -0.230. The molecule has 0 radical (unpaired) electrons. The Labute approximate surface area is 163 Å². The lowest BCUT2D eigenvalue weighted by Crippen LogP contribution is -2.36. The van der Waals surface area contributed by atoms with E-state index >= 15 is 0 Å². The molecule has 0 atom stereocenters. The first-order valence-corrected chi connectivity index (χ1v) is 9.60.